The molecule has 132 valence electrons. The Morgan fingerprint density at radius 3 is 2.84 bits per heavy atom. The molecule has 2 fully saturated rings. The van der Waals surface area contributed by atoms with Crippen LogP contribution in [0.3, 0.4) is 0 Å². The van der Waals surface area contributed by atoms with Gasteiger partial charge in [-0.3, -0.25) is 9.69 Å². The van der Waals surface area contributed by atoms with E-state index >= 15 is 0 Å². The zero-order valence-corrected chi connectivity index (χ0v) is 14.8. The molecule has 0 radical (unpaired) electrons. The van der Waals surface area contributed by atoms with Gasteiger partial charge in [0.1, 0.15) is 6.33 Å². The summed E-state index contributed by atoms with van der Waals surface area (Å²) in [6.07, 6.45) is 5.22. The number of likely N-dealkylation sites (tertiary alicyclic amines) is 1. The van der Waals surface area contributed by atoms with Crippen molar-refractivity contribution in [2.24, 2.45) is 5.92 Å². The molecule has 25 heavy (non-hydrogen) atoms. The highest BCUT2D eigenvalue weighted by atomic mass is 16.2. The second-order valence-electron chi connectivity index (χ2n) is 7.23. The number of nitrogens with zero attached hydrogens (tertiary/aromatic N) is 5. The van der Waals surface area contributed by atoms with Crippen molar-refractivity contribution in [2.75, 3.05) is 51.2 Å². The van der Waals surface area contributed by atoms with E-state index in [9.17, 15) is 4.79 Å². The third kappa shape index (κ3) is 3.58. The van der Waals surface area contributed by atoms with Crippen LogP contribution in [0.4, 0.5) is 5.69 Å². The summed E-state index contributed by atoms with van der Waals surface area (Å²) in [5, 5.41) is 1.09. The predicted octanol–water partition coefficient (Wildman–Crippen LogP) is 1.62. The Bertz CT molecular complexity index is 756. The third-order valence-electron chi connectivity index (χ3n) is 5.47. The van der Waals surface area contributed by atoms with Crippen molar-refractivity contribution >= 4 is 22.5 Å². The number of hydrogen-bond acceptors (Lipinski definition) is 5. The van der Waals surface area contributed by atoms with E-state index in [0.717, 1.165) is 56.6 Å². The molecule has 2 aliphatic heterocycles. The maximum Gasteiger partial charge on any atom is 0.222 e. The van der Waals surface area contributed by atoms with Crippen LogP contribution in [0.5, 0.6) is 0 Å². The molecule has 4 rings (SSSR count). The third-order valence-corrected chi connectivity index (χ3v) is 5.47. The summed E-state index contributed by atoms with van der Waals surface area (Å²) < 4.78 is 0. The lowest BCUT2D eigenvalue weighted by Gasteiger charge is -2.39. The van der Waals surface area contributed by atoms with E-state index in [1.165, 1.54) is 5.69 Å². The maximum absolute atomic E-state index is 11.6. The van der Waals surface area contributed by atoms with Gasteiger partial charge < -0.3 is 9.80 Å². The molecule has 2 aromatic rings. The topological polar surface area (TPSA) is 52.6 Å². The first kappa shape index (κ1) is 16.3. The smallest absolute Gasteiger partial charge is 0.222 e. The van der Waals surface area contributed by atoms with Gasteiger partial charge in [0, 0.05) is 70.0 Å². The van der Waals surface area contributed by atoms with E-state index in [1.54, 1.807) is 6.33 Å². The van der Waals surface area contributed by atoms with Crippen molar-refractivity contribution in [2.45, 2.75) is 12.8 Å². The van der Waals surface area contributed by atoms with E-state index in [0.29, 0.717) is 18.2 Å². The van der Waals surface area contributed by atoms with Gasteiger partial charge in [-0.1, -0.05) is 0 Å². The summed E-state index contributed by atoms with van der Waals surface area (Å²) >= 11 is 0. The molecule has 1 aromatic heterocycles. The number of fused-ring (bicyclic) bond motifs is 1. The van der Waals surface area contributed by atoms with Crippen molar-refractivity contribution < 1.29 is 4.79 Å². The van der Waals surface area contributed by atoms with E-state index in [1.807, 2.05) is 18.1 Å². The molecule has 0 N–H and O–H groups in total. The molecule has 2 saturated heterocycles. The predicted molar refractivity (Wildman–Crippen MR) is 98.6 cm³/mol. The van der Waals surface area contributed by atoms with Crippen LogP contribution in [0.25, 0.3) is 10.9 Å². The molecule has 1 amide bonds. The van der Waals surface area contributed by atoms with Crippen LogP contribution in [0.15, 0.2) is 30.7 Å². The molecule has 2 aliphatic rings. The molecule has 0 bridgehead atoms. The Hall–Kier alpha value is -2.21. The van der Waals surface area contributed by atoms with Crippen LogP contribution in [-0.2, 0) is 4.79 Å². The summed E-state index contributed by atoms with van der Waals surface area (Å²) in [6.45, 7) is 6.26. The van der Waals surface area contributed by atoms with Gasteiger partial charge in [-0.25, -0.2) is 9.97 Å². The van der Waals surface area contributed by atoms with E-state index in [-0.39, 0.29) is 0 Å². The largest absolute Gasteiger partial charge is 0.369 e. The van der Waals surface area contributed by atoms with Gasteiger partial charge in [-0.15, -0.1) is 0 Å². The summed E-state index contributed by atoms with van der Waals surface area (Å²) in [5.74, 6) is 0.911. The number of piperazine rings is 1. The number of piperidine rings is 1. The molecular formula is C19H25N5O. The normalized spacial score (nSPS) is 22.6. The van der Waals surface area contributed by atoms with Crippen LogP contribution in [0, 0.1) is 5.92 Å². The molecule has 0 aliphatic carbocycles. The summed E-state index contributed by atoms with van der Waals surface area (Å²) in [7, 11) is 1.93. The van der Waals surface area contributed by atoms with Gasteiger partial charge in [-0.2, -0.15) is 0 Å². The minimum atomic E-state index is 0.293. The fourth-order valence-corrected chi connectivity index (χ4v) is 3.97. The summed E-state index contributed by atoms with van der Waals surface area (Å²) in [5.41, 5.74) is 2.25. The van der Waals surface area contributed by atoms with Crippen LogP contribution in [-0.4, -0.2) is 72.0 Å². The van der Waals surface area contributed by atoms with Crippen molar-refractivity contribution in [3.8, 4) is 0 Å². The highest BCUT2D eigenvalue weighted by molar-refractivity contribution is 5.81. The zero-order chi connectivity index (χ0) is 17.2. The van der Waals surface area contributed by atoms with Crippen molar-refractivity contribution in [1.29, 1.82) is 0 Å². The minimum absolute atomic E-state index is 0.293. The summed E-state index contributed by atoms with van der Waals surface area (Å²) in [6, 6.07) is 6.42. The highest BCUT2D eigenvalue weighted by Gasteiger charge is 2.26. The Labute approximate surface area is 148 Å². The van der Waals surface area contributed by atoms with Gasteiger partial charge >= 0.3 is 0 Å². The Balaban J connectivity index is 1.34. The Morgan fingerprint density at radius 1 is 1.20 bits per heavy atom. The second-order valence-corrected chi connectivity index (χ2v) is 7.23. The summed E-state index contributed by atoms with van der Waals surface area (Å²) in [4.78, 5) is 26.9. The van der Waals surface area contributed by atoms with E-state index < -0.39 is 0 Å². The molecule has 6 heteroatoms. The molecule has 1 aromatic carbocycles. The molecule has 6 nitrogen and oxygen atoms in total. The standard InChI is InChI=1S/C19H25N5O/c1-22-12-15(2-5-19(22)25)13-23-6-8-24(9-7-23)17-3-4-18-16(10-17)11-20-14-21-18/h3-4,10-11,14-15H,2,5-9,12-13H2,1H3. The van der Waals surface area contributed by atoms with Gasteiger partial charge in [0.05, 0.1) is 5.52 Å². The Kier molecular flexibility index (Phi) is 4.53. The molecule has 0 saturated carbocycles. The fourth-order valence-electron chi connectivity index (χ4n) is 3.97. The second kappa shape index (κ2) is 6.96. The lowest BCUT2D eigenvalue weighted by Crippen LogP contribution is -2.49. The number of amides is 1. The number of hydrogen-bond donors (Lipinski definition) is 0. The number of anilines is 1. The molecule has 3 heterocycles. The number of aromatic nitrogens is 2. The van der Waals surface area contributed by atoms with Crippen LogP contribution in [0.2, 0.25) is 0 Å². The number of carbonyl (C=O) groups excluding carboxylic acids is 1. The van der Waals surface area contributed by atoms with Gasteiger partial charge in [-0.05, 0) is 30.5 Å². The zero-order valence-electron chi connectivity index (χ0n) is 14.8. The van der Waals surface area contributed by atoms with Crippen LogP contribution < -0.4 is 4.90 Å². The SMILES string of the molecule is CN1CC(CN2CCN(c3ccc4ncncc4c3)CC2)CCC1=O. The van der Waals surface area contributed by atoms with Gasteiger partial charge in [0.15, 0.2) is 0 Å². The van der Waals surface area contributed by atoms with Gasteiger partial charge in [0.2, 0.25) is 5.91 Å². The number of rotatable bonds is 3. The minimum Gasteiger partial charge on any atom is -0.369 e. The monoisotopic (exact) mass is 339 g/mol. The fraction of sp³-hybridized carbons (Fsp3) is 0.526. The van der Waals surface area contributed by atoms with Crippen LogP contribution in [0.1, 0.15) is 12.8 Å². The van der Waals surface area contributed by atoms with Crippen LogP contribution >= 0.6 is 0 Å². The average Bonchev–Trinajstić information content (AvgIpc) is 2.65. The average molecular weight is 339 g/mol. The lowest BCUT2D eigenvalue weighted by molar-refractivity contribution is -0.133. The van der Waals surface area contributed by atoms with Crippen molar-refractivity contribution in [1.82, 2.24) is 19.8 Å². The van der Waals surface area contributed by atoms with Crippen molar-refractivity contribution in [3.63, 3.8) is 0 Å². The van der Waals surface area contributed by atoms with Gasteiger partial charge in [0.25, 0.3) is 0 Å². The molecule has 1 unspecified atom stereocenters. The Morgan fingerprint density at radius 2 is 2.04 bits per heavy atom. The molecular weight excluding hydrogens is 314 g/mol. The van der Waals surface area contributed by atoms with E-state index in [4.69, 9.17) is 0 Å². The quantitative estimate of drug-likeness (QED) is 0.851. The molecule has 1 atom stereocenters. The first-order valence-corrected chi connectivity index (χ1v) is 9.10. The lowest BCUT2D eigenvalue weighted by atomic mass is 9.97. The number of benzene rings is 1. The highest BCUT2D eigenvalue weighted by Crippen LogP contribution is 2.23. The number of carbonyl (C=O) groups is 1. The maximum atomic E-state index is 11.6. The first-order chi connectivity index (χ1) is 12.2. The van der Waals surface area contributed by atoms with E-state index in [2.05, 4.69) is 38.0 Å². The van der Waals surface area contributed by atoms with Crippen molar-refractivity contribution in [3.05, 3.63) is 30.7 Å². The first-order valence-electron chi connectivity index (χ1n) is 9.10. The molecule has 0 spiro atoms.